The third-order valence-corrected chi connectivity index (χ3v) is 6.69. The second-order valence-corrected chi connectivity index (χ2v) is 8.72. The number of hydrogen-bond donors (Lipinski definition) is 0. The van der Waals surface area contributed by atoms with Crippen LogP contribution in [0.1, 0.15) is 37.1 Å². The molecule has 0 N–H and O–H groups in total. The van der Waals surface area contributed by atoms with E-state index in [0.717, 1.165) is 29.5 Å². The Balaban J connectivity index is 2.09. The van der Waals surface area contributed by atoms with Crippen molar-refractivity contribution in [2.75, 3.05) is 14.1 Å². The minimum absolute atomic E-state index is 0.0301. The molecule has 0 fully saturated rings. The molecule has 1 aliphatic rings. The first-order valence-electron chi connectivity index (χ1n) is 8.37. The molecule has 24 heavy (non-hydrogen) atoms. The highest BCUT2D eigenvalue weighted by Gasteiger charge is 2.24. The summed E-state index contributed by atoms with van der Waals surface area (Å²) in [5.74, 6) is 0.0301. The molecule has 0 spiro atoms. The van der Waals surface area contributed by atoms with Gasteiger partial charge in [-0.3, -0.25) is 14.2 Å². The van der Waals surface area contributed by atoms with Gasteiger partial charge in [-0.2, -0.15) is 0 Å². The summed E-state index contributed by atoms with van der Waals surface area (Å²) in [5.41, 5.74) is 1.27. The van der Waals surface area contributed by atoms with Crippen molar-refractivity contribution in [3.05, 3.63) is 20.8 Å². The molecule has 2 aromatic rings. The molecule has 1 aliphatic carbocycles. The molecule has 2 aromatic heterocycles. The average Bonchev–Trinajstić information content (AvgIpc) is 2.92. The van der Waals surface area contributed by atoms with Crippen LogP contribution in [0, 0.1) is 0 Å². The lowest BCUT2D eigenvalue weighted by atomic mass is 9.97. The third-order valence-electron chi connectivity index (χ3n) is 4.43. The number of thiophene rings is 1. The fourth-order valence-electron chi connectivity index (χ4n) is 3.16. The Labute approximate surface area is 150 Å². The average molecular weight is 366 g/mol. The van der Waals surface area contributed by atoms with Crippen molar-refractivity contribution in [2.45, 2.75) is 56.5 Å². The topological polar surface area (TPSA) is 55.2 Å². The van der Waals surface area contributed by atoms with Crippen LogP contribution in [0.3, 0.4) is 0 Å². The molecule has 1 atom stereocenters. The molecular weight excluding hydrogens is 342 g/mol. The fourth-order valence-corrected chi connectivity index (χ4v) is 5.58. The van der Waals surface area contributed by atoms with Crippen molar-refractivity contribution in [2.24, 2.45) is 0 Å². The second-order valence-electron chi connectivity index (χ2n) is 6.33. The number of aryl methyl sites for hydroxylation is 2. The maximum absolute atomic E-state index is 13.0. The van der Waals surface area contributed by atoms with Crippen LogP contribution >= 0.6 is 23.1 Å². The van der Waals surface area contributed by atoms with Crippen molar-refractivity contribution in [1.29, 1.82) is 0 Å². The molecule has 0 saturated heterocycles. The van der Waals surface area contributed by atoms with Crippen LogP contribution in [-0.4, -0.2) is 39.7 Å². The number of carbonyl (C=O) groups is 1. The summed E-state index contributed by atoms with van der Waals surface area (Å²) in [6.07, 6.45) is 4.38. The molecule has 1 amide bonds. The van der Waals surface area contributed by atoms with Gasteiger partial charge >= 0.3 is 0 Å². The van der Waals surface area contributed by atoms with E-state index in [9.17, 15) is 9.59 Å². The number of nitrogens with zero attached hydrogens (tertiary/aromatic N) is 3. The van der Waals surface area contributed by atoms with Gasteiger partial charge in [-0.1, -0.05) is 11.8 Å². The van der Waals surface area contributed by atoms with Crippen LogP contribution in [0.25, 0.3) is 10.2 Å². The lowest BCUT2D eigenvalue weighted by molar-refractivity contribution is -0.127. The lowest BCUT2D eigenvalue weighted by Gasteiger charge is -2.17. The Hall–Kier alpha value is -1.34. The van der Waals surface area contributed by atoms with Crippen LogP contribution in [-0.2, 0) is 24.2 Å². The van der Waals surface area contributed by atoms with Gasteiger partial charge in [-0.25, -0.2) is 4.98 Å². The van der Waals surface area contributed by atoms with Gasteiger partial charge in [-0.15, -0.1) is 11.3 Å². The van der Waals surface area contributed by atoms with E-state index in [1.807, 2.05) is 13.8 Å². The van der Waals surface area contributed by atoms with Gasteiger partial charge in [0.2, 0.25) is 5.91 Å². The van der Waals surface area contributed by atoms with E-state index in [-0.39, 0.29) is 16.7 Å². The zero-order valence-corrected chi connectivity index (χ0v) is 16.2. The standard InChI is InChI=1S/C17H23N3O2S2/c1-5-20-16(22)13-11-8-6-7-9-12(11)24-14(13)18-17(20)23-10(2)15(21)19(3)4/h10H,5-9H2,1-4H3/t10-/m1/s1. The Morgan fingerprint density at radius 3 is 2.75 bits per heavy atom. The minimum atomic E-state index is -0.267. The highest BCUT2D eigenvalue weighted by Crippen LogP contribution is 2.35. The van der Waals surface area contributed by atoms with E-state index < -0.39 is 0 Å². The van der Waals surface area contributed by atoms with Crippen molar-refractivity contribution in [1.82, 2.24) is 14.5 Å². The Bertz CT molecular complexity index is 838. The van der Waals surface area contributed by atoms with Crippen molar-refractivity contribution in [3.63, 3.8) is 0 Å². The van der Waals surface area contributed by atoms with Crippen molar-refractivity contribution < 1.29 is 4.79 Å². The lowest BCUT2D eigenvalue weighted by Crippen LogP contribution is -2.31. The molecule has 0 aromatic carbocycles. The smallest absolute Gasteiger partial charge is 0.263 e. The van der Waals surface area contributed by atoms with Gasteiger partial charge < -0.3 is 4.90 Å². The van der Waals surface area contributed by atoms with Crippen molar-refractivity contribution >= 4 is 39.2 Å². The zero-order chi connectivity index (χ0) is 17.4. The summed E-state index contributed by atoms with van der Waals surface area (Å²) >= 11 is 3.03. The van der Waals surface area contributed by atoms with E-state index in [2.05, 4.69) is 0 Å². The van der Waals surface area contributed by atoms with Crippen LogP contribution in [0.5, 0.6) is 0 Å². The highest BCUT2D eigenvalue weighted by molar-refractivity contribution is 8.00. The molecule has 3 rings (SSSR count). The number of aromatic nitrogens is 2. The van der Waals surface area contributed by atoms with Crippen LogP contribution < -0.4 is 5.56 Å². The van der Waals surface area contributed by atoms with Crippen molar-refractivity contribution in [3.8, 4) is 0 Å². The molecular formula is C17H23N3O2S2. The maximum Gasteiger partial charge on any atom is 0.263 e. The number of carbonyl (C=O) groups excluding carboxylic acids is 1. The summed E-state index contributed by atoms with van der Waals surface area (Å²) in [5, 5.41) is 1.19. The van der Waals surface area contributed by atoms with E-state index >= 15 is 0 Å². The first kappa shape index (κ1) is 17.5. The molecule has 7 heteroatoms. The zero-order valence-electron chi connectivity index (χ0n) is 14.6. The predicted molar refractivity (Wildman–Crippen MR) is 100 cm³/mol. The maximum atomic E-state index is 13.0. The minimum Gasteiger partial charge on any atom is -0.348 e. The molecule has 0 saturated carbocycles. The van der Waals surface area contributed by atoms with Crippen LogP contribution in [0.15, 0.2) is 9.95 Å². The summed E-state index contributed by atoms with van der Waals surface area (Å²) in [7, 11) is 3.49. The Morgan fingerprint density at radius 1 is 1.38 bits per heavy atom. The fraction of sp³-hybridized carbons (Fsp3) is 0.588. The van der Waals surface area contributed by atoms with Gasteiger partial charge in [0.15, 0.2) is 5.16 Å². The summed E-state index contributed by atoms with van der Waals surface area (Å²) < 4.78 is 1.72. The van der Waals surface area contributed by atoms with Gasteiger partial charge in [-0.05, 0) is 45.1 Å². The highest BCUT2D eigenvalue weighted by atomic mass is 32.2. The largest absolute Gasteiger partial charge is 0.348 e. The Morgan fingerprint density at radius 2 is 2.08 bits per heavy atom. The number of rotatable bonds is 4. The SMILES string of the molecule is CCn1c(S[C@H](C)C(=O)N(C)C)nc2sc3c(c2c1=O)CCCC3. The molecule has 2 heterocycles. The summed E-state index contributed by atoms with van der Waals surface area (Å²) in [6.45, 7) is 4.39. The summed E-state index contributed by atoms with van der Waals surface area (Å²) in [6, 6.07) is 0. The number of amides is 1. The van der Waals surface area contributed by atoms with E-state index in [4.69, 9.17) is 4.98 Å². The van der Waals surface area contributed by atoms with Gasteiger partial charge in [0.1, 0.15) is 4.83 Å². The molecule has 0 aliphatic heterocycles. The van der Waals surface area contributed by atoms with Gasteiger partial charge in [0.05, 0.1) is 10.6 Å². The molecule has 0 bridgehead atoms. The van der Waals surface area contributed by atoms with Gasteiger partial charge in [0.25, 0.3) is 5.56 Å². The number of hydrogen-bond acceptors (Lipinski definition) is 5. The summed E-state index contributed by atoms with van der Waals surface area (Å²) in [4.78, 5) is 33.7. The first-order chi connectivity index (χ1) is 11.4. The molecule has 5 nitrogen and oxygen atoms in total. The second kappa shape index (κ2) is 6.88. The van der Waals surface area contributed by atoms with Gasteiger partial charge in [0, 0.05) is 25.5 Å². The van der Waals surface area contributed by atoms with Crippen LogP contribution in [0.4, 0.5) is 0 Å². The molecule has 130 valence electrons. The van der Waals surface area contributed by atoms with E-state index in [1.54, 1.807) is 34.9 Å². The quantitative estimate of drug-likeness (QED) is 0.617. The number of thioether (sulfide) groups is 1. The van der Waals surface area contributed by atoms with Crippen LogP contribution in [0.2, 0.25) is 0 Å². The Kier molecular flexibility index (Phi) is 5.01. The molecule has 0 radical (unpaired) electrons. The predicted octanol–water partition coefficient (Wildman–Crippen LogP) is 2.93. The third kappa shape index (κ3) is 2.99. The first-order valence-corrected chi connectivity index (χ1v) is 10.1. The monoisotopic (exact) mass is 365 g/mol. The normalized spacial score (nSPS) is 15.3. The van der Waals surface area contributed by atoms with E-state index in [0.29, 0.717) is 11.7 Å². The van der Waals surface area contributed by atoms with E-state index in [1.165, 1.54) is 28.6 Å². The number of fused-ring (bicyclic) bond motifs is 3. The molecule has 0 unspecified atom stereocenters.